The first-order chi connectivity index (χ1) is 10.1. The molecule has 2 rings (SSSR count). The summed E-state index contributed by atoms with van der Waals surface area (Å²) in [6.45, 7) is 4.36. The summed E-state index contributed by atoms with van der Waals surface area (Å²) in [7, 11) is 0. The fourth-order valence-corrected chi connectivity index (χ4v) is 2.46. The molecule has 5 nitrogen and oxygen atoms in total. The van der Waals surface area contributed by atoms with Crippen molar-refractivity contribution in [3.8, 4) is 18.0 Å². The van der Waals surface area contributed by atoms with Crippen LogP contribution in [0, 0.1) is 26.2 Å². The first-order valence-corrected chi connectivity index (χ1v) is 7.41. The van der Waals surface area contributed by atoms with Gasteiger partial charge in [0.25, 0.3) is 0 Å². The van der Waals surface area contributed by atoms with Crippen molar-refractivity contribution in [2.24, 2.45) is 0 Å². The SMILES string of the molecule is C#CCNC(=O)CSc1nncn1-c1ccc(C)c(C)c1. The van der Waals surface area contributed by atoms with Gasteiger partial charge < -0.3 is 5.32 Å². The maximum absolute atomic E-state index is 11.6. The van der Waals surface area contributed by atoms with Crippen LogP contribution in [-0.4, -0.2) is 33.0 Å². The van der Waals surface area contributed by atoms with Crippen LogP contribution in [0.4, 0.5) is 0 Å². The monoisotopic (exact) mass is 300 g/mol. The molecule has 0 radical (unpaired) electrons. The molecule has 1 heterocycles. The first kappa shape index (κ1) is 15.1. The fraction of sp³-hybridized carbons (Fsp3) is 0.267. The van der Waals surface area contributed by atoms with Crippen LogP contribution in [0.1, 0.15) is 11.1 Å². The second kappa shape index (κ2) is 6.95. The van der Waals surface area contributed by atoms with Crippen molar-refractivity contribution in [1.29, 1.82) is 0 Å². The van der Waals surface area contributed by atoms with Gasteiger partial charge in [-0.1, -0.05) is 23.7 Å². The van der Waals surface area contributed by atoms with E-state index >= 15 is 0 Å². The molecule has 1 N–H and O–H groups in total. The van der Waals surface area contributed by atoms with Gasteiger partial charge >= 0.3 is 0 Å². The zero-order valence-corrected chi connectivity index (χ0v) is 12.8. The van der Waals surface area contributed by atoms with E-state index in [4.69, 9.17) is 6.42 Å². The lowest BCUT2D eigenvalue weighted by Crippen LogP contribution is -2.25. The van der Waals surface area contributed by atoms with E-state index in [1.54, 1.807) is 6.33 Å². The van der Waals surface area contributed by atoms with Crippen molar-refractivity contribution in [1.82, 2.24) is 20.1 Å². The quantitative estimate of drug-likeness (QED) is 0.675. The second-order valence-corrected chi connectivity index (χ2v) is 5.46. The fourth-order valence-electron chi connectivity index (χ4n) is 1.71. The van der Waals surface area contributed by atoms with E-state index in [0.717, 1.165) is 5.69 Å². The summed E-state index contributed by atoms with van der Waals surface area (Å²) < 4.78 is 1.87. The zero-order valence-electron chi connectivity index (χ0n) is 12.0. The number of benzene rings is 1. The van der Waals surface area contributed by atoms with E-state index in [1.165, 1.54) is 22.9 Å². The van der Waals surface area contributed by atoms with Gasteiger partial charge in [0.05, 0.1) is 12.3 Å². The third-order valence-electron chi connectivity index (χ3n) is 3.01. The number of thioether (sulfide) groups is 1. The summed E-state index contributed by atoms with van der Waals surface area (Å²) in [6, 6.07) is 6.13. The molecule has 0 fully saturated rings. The van der Waals surface area contributed by atoms with E-state index in [9.17, 15) is 4.79 Å². The molecule has 1 aromatic carbocycles. The van der Waals surface area contributed by atoms with Gasteiger partial charge in [0, 0.05) is 5.69 Å². The Labute approximate surface area is 128 Å². The number of nitrogens with one attached hydrogen (secondary N) is 1. The molecule has 6 heteroatoms. The van der Waals surface area contributed by atoms with Crippen molar-refractivity contribution >= 4 is 17.7 Å². The number of hydrogen-bond acceptors (Lipinski definition) is 4. The molecule has 0 aliphatic carbocycles. The lowest BCUT2D eigenvalue weighted by molar-refractivity contribution is -0.118. The Balaban J connectivity index is 2.10. The minimum absolute atomic E-state index is 0.118. The predicted molar refractivity (Wildman–Crippen MR) is 83.4 cm³/mol. The molecule has 108 valence electrons. The molecular weight excluding hydrogens is 284 g/mol. The highest BCUT2D eigenvalue weighted by molar-refractivity contribution is 7.99. The van der Waals surface area contributed by atoms with Gasteiger partial charge in [0.2, 0.25) is 5.91 Å². The normalized spacial score (nSPS) is 10.1. The predicted octanol–water partition coefficient (Wildman–Crippen LogP) is 1.73. The summed E-state index contributed by atoms with van der Waals surface area (Å²) in [5.41, 5.74) is 3.41. The highest BCUT2D eigenvalue weighted by atomic mass is 32.2. The maximum Gasteiger partial charge on any atom is 0.231 e. The van der Waals surface area contributed by atoms with Crippen LogP contribution in [0.2, 0.25) is 0 Å². The Morgan fingerprint density at radius 1 is 1.43 bits per heavy atom. The van der Waals surface area contributed by atoms with Crippen LogP contribution in [0.3, 0.4) is 0 Å². The molecule has 0 spiro atoms. The van der Waals surface area contributed by atoms with Crippen molar-refractivity contribution in [3.05, 3.63) is 35.7 Å². The average molecular weight is 300 g/mol. The molecule has 0 bridgehead atoms. The number of nitrogens with zero attached hydrogens (tertiary/aromatic N) is 3. The topological polar surface area (TPSA) is 59.8 Å². The van der Waals surface area contributed by atoms with Crippen molar-refractivity contribution in [3.63, 3.8) is 0 Å². The molecule has 1 aromatic heterocycles. The van der Waals surface area contributed by atoms with Crippen LogP contribution >= 0.6 is 11.8 Å². The van der Waals surface area contributed by atoms with Crippen LogP contribution in [-0.2, 0) is 4.79 Å². The van der Waals surface area contributed by atoms with Crippen molar-refractivity contribution in [2.75, 3.05) is 12.3 Å². The van der Waals surface area contributed by atoms with Gasteiger partial charge in [-0.25, -0.2) is 0 Å². The van der Waals surface area contributed by atoms with Gasteiger partial charge in [0.1, 0.15) is 6.33 Å². The zero-order chi connectivity index (χ0) is 15.2. The summed E-state index contributed by atoms with van der Waals surface area (Å²) in [4.78, 5) is 11.6. The number of terminal acetylenes is 1. The van der Waals surface area contributed by atoms with E-state index in [-0.39, 0.29) is 18.2 Å². The minimum atomic E-state index is -0.118. The Bertz CT molecular complexity index is 687. The summed E-state index contributed by atoms with van der Waals surface area (Å²) in [5, 5.41) is 11.3. The molecule has 0 aliphatic rings. The third-order valence-corrected chi connectivity index (χ3v) is 3.95. The maximum atomic E-state index is 11.6. The highest BCUT2D eigenvalue weighted by Gasteiger charge is 2.10. The number of aryl methyl sites for hydroxylation is 2. The molecular formula is C15H16N4OS. The molecule has 0 saturated carbocycles. The standard InChI is InChI=1S/C15H16N4OS/c1-4-7-16-14(20)9-21-15-18-17-10-19(15)13-6-5-11(2)12(3)8-13/h1,5-6,8,10H,7,9H2,2-3H3,(H,16,20). The van der Waals surface area contributed by atoms with Crippen molar-refractivity contribution in [2.45, 2.75) is 19.0 Å². The van der Waals surface area contributed by atoms with E-state index in [2.05, 4.69) is 47.4 Å². The molecule has 1 amide bonds. The molecule has 0 unspecified atom stereocenters. The number of carbonyl (C=O) groups is 1. The second-order valence-electron chi connectivity index (χ2n) is 4.52. The lowest BCUT2D eigenvalue weighted by Gasteiger charge is -2.08. The van der Waals surface area contributed by atoms with Crippen LogP contribution in [0.15, 0.2) is 29.7 Å². The lowest BCUT2D eigenvalue weighted by atomic mass is 10.1. The Hall–Kier alpha value is -2.26. The van der Waals surface area contributed by atoms with Gasteiger partial charge in [-0.3, -0.25) is 9.36 Å². The van der Waals surface area contributed by atoms with Gasteiger partial charge in [-0.2, -0.15) is 0 Å². The number of carbonyl (C=O) groups excluding carboxylic acids is 1. The van der Waals surface area contributed by atoms with Gasteiger partial charge in [-0.15, -0.1) is 16.6 Å². The summed E-state index contributed by atoms with van der Waals surface area (Å²) in [6.07, 6.45) is 6.74. The van der Waals surface area contributed by atoms with E-state index in [1.807, 2.05) is 10.6 Å². The molecule has 0 saturated heterocycles. The molecule has 2 aromatic rings. The first-order valence-electron chi connectivity index (χ1n) is 6.42. The molecule has 21 heavy (non-hydrogen) atoms. The van der Waals surface area contributed by atoms with Crippen LogP contribution < -0.4 is 5.32 Å². The third kappa shape index (κ3) is 3.86. The van der Waals surface area contributed by atoms with E-state index in [0.29, 0.717) is 5.16 Å². The minimum Gasteiger partial charge on any atom is -0.344 e. The van der Waals surface area contributed by atoms with Crippen molar-refractivity contribution < 1.29 is 4.79 Å². The Kier molecular flexibility index (Phi) is 5.01. The van der Waals surface area contributed by atoms with Crippen LogP contribution in [0.25, 0.3) is 5.69 Å². The molecule has 0 aliphatic heterocycles. The van der Waals surface area contributed by atoms with Gasteiger partial charge in [0.15, 0.2) is 5.16 Å². The number of aromatic nitrogens is 3. The summed E-state index contributed by atoms with van der Waals surface area (Å²) >= 11 is 1.33. The van der Waals surface area contributed by atoms with Gasteiger partial charge in [-0.05, 0) is 37.1 Å². The van der Waals surface area contributed by atoms with E-state index < -0.39 is 0 Å². The average Bonchev–Trinajstić information content (AvgIpc) is 2.94. The number of rotatable bonds is 5. The Morgan fingerprint density at radius 2 is 2.24 bits per heavy atom. The molecule has 0 atom stereocenters. The summed E-state index contributed by atoms with van der Waals surface area (Å²) in [5.74, 6) is 2.50. The highest BCUT2D eigenvalue weighted by Crippen LogP contribution is 2.21. The van der Waals surface area contributed by atoms with Crippen LogP contribution in [0.5, 0.6) is 0 Å². The Morgan fingerprint density at radius 3 is 2.95 bits per heavy atom. The largest absolute Gasteiger partial charge is 0.344 e. The smallest absolute Gasteiger partial charge is 0.231 e. The number of amides is 1. The number of hydrogen-bond donors (Lipinski definition) is 1.